The van der Waals surface area contributed by atoms with E-state index in [4.69, 9.17) is 4.74 Å². The Morgan fingerprint density at radius 1 is 1.12 bits per heavy atom. The molecule has 0 spiro atoms. The van der Waals surface area contributed by atoms with Crippen LogP contribution in [0.5, 0.6) is 0 Å². The molecule has 2 atom stereocenters. The minimum atomic E-state index is -0.618. The van der Waals surface area contributed by atoms with E-state index in [1.54, 1.807) is 4.57 Å². The van der Waals surface area contributed by atoms with Gasteiger partial charge in [-0.1, -0.05) is 18.2 Å². The maximum Gasteiger partial charge on any atom is 0.419 e. The highest BCUT2D eigenvalue weighted by molar-refractivity contribution is 6.06. The number of carbonyl (C=O) groups excluding carboxylic acids is 3. The summed E-state index contributed by atoms with van der Waals surface area (Å²) in [4.78, 5) is 37.0. The summed E-state index contributed by atoms with van der Waals surface area (Å²) in [5, 5.41) is 3.35. The van der Waals surface area contributed by atoms with Crippen LogP contribution in [0.15, 0.2) is 24.3 Å². The van der Waals surface area contributed by atoms with Crippen LogP contribution in [0.2, 0.25) is 0 Å². The summed E-state index contributed by atoms with van der Waals surface area (Å²) in [7, 11) is 0. The molecular formula is C19H20N2O4. The molecule has 4 rings (SSSR count). The lowest BCUT2D eigenvalue weighted by molar-refractivity contribution is -0.126. The van der Waals surface area contributed by atoms with Gasteiger partial charge in [-0.2, -0.15) is 0 Å². The normalized spacial score (nSPS) is 22.5. The van der Waals surface area contributed by atoms with Crippen LogP contribution in [0.1, 0.15) is 32.0 Å². The molecular weight excluding hydrogens is 320 g/mol. The first-order chi connectivity index (χ1) is 11.8. The summed E-state index contributed by atoms with van der Waals surface area (Å²) in [5.74, 6) is -1.22. The lowest BCUT2D eigenvalue weighted by Crippen LogP contribution is -2.32. The SMILES string of the molecule is CC(C)(C)OC(=O)n1c2c(c3ccccc31)C[C@H]1C(=O)NC(=O)[C@H]1C2. The largest absolute Gasteiger partial charge is 0.443 e. The number of para-hydroxylation sites is 1. The van der Waals surface area contributed by atoms with E-state index in [0.717, 1.165) is 22.2 Å². The molecule has 1 fully saturated rings. The van der Waals surface area contributed by atoms with Crippen LogP contribution in [0, 0.1) is 11.8 Å². The molecule has 6 heteroatoms. The van der Waals surface area contributed by atoms with E-state index in [1.165, 1.54) is 0 Å². The quantitative estimate of drug-likeness (QED) is 0.747. The van der Waals surface area contributed by atoms with E-state index in [-0.39, 0.29) is 17.7 Å². The number of nitrogens with one attached hydrogen (secondary N) is 1. The first kappa shape index (κ1) is 15.9. The van der Waals surface area contributed by atoms with Crippen LogP contribution in [0.25, 0.3) is 10.9 Å². The van der Waals surface area contributed by atoms with Crippen LogP contribution in [-0.4, -0.2) is 28.1 Å². The van der Waals surface area contributed by atoms with Gasteiger partial charge in [-0.05, 0) is 38.8 Å². The molecule has 2 aromatic rings. The van der Waals surface area contributed by atoms with Crippen LogP contribution >= 0.6 is 0 Å². The topological polar surface area (TPSA) is 77.4 Å². The summed E-state index contributed by atoms with van der Waals surface area (Å²) in [6, 6.07) is 7.60. The number of benzene rings is 1. The Balaban J connectivity index is 1.88. The molecule has 0 radical (unpaired) electrons. The molecule has 0 bridgehead atoms. The minimum absolute atomic E-state index is 0.213. The van der Waals surface area contributed by atoms with Crippen LogP contribution < -0.4 is 5.32 Å². The van der Waals surface area contributed by atoms with E-state index >= 15 is 0 Å². The highest BCUT2D eigenvalue weighted by Crippen LogP contribution is 2.39. The maximum atomic E-state index is 12.8. The highest BCUT2D eigenvalue weighted by Gasteiger charge is 2.46. The second-order valence-corrected chi connectivity index (χ2v) is 7.73. The zero-order valence-electron chi connectivity index (χ0n) is 14.5. The Morgan fingerprint density at radius 3 is 2.44 bits per heavy atom. The minimum Gasteiger partial charge on any atom is -0.443 e. The predicted molar refractivity (Wildman–Crippen MR) is 91.1 cm³/mol. The van der Waals surface area contributed by atoms with Crippen molar-refractivity contribution < 1.29 is 19.1 Å². The Morgan fingerprint density at radius 2 is 1.76 bits per heavy atom. The molecule has 2 heterocycles. The molecule has 25 heavy (non-hydrogen) atoms. The Hall–Kier alpha value is -2.63. The van der Waals surface area contributed by atoms with E-state index in [0.29, 0.717) is 12.8 Å². The van der Waals surface area contributed by atoms with Crippen molar-refractivity contribution in [3.05, 3.63) is 35.5 Å². The first-order valence-electron chi connectivity index (χ1n) is 8.45. The summed E-state index contributed by atoms with van der Waals surface area (Å²) in [6.45, 7) is 5.46. The molecule has 2 aliphatic rings. The van der Waals surface area contributed by atoms with Crippen molar-refractivity contribution in [2.24, 2.45) is 11.8 Å². The van der Waals surface area contributed by atoms with E-state index < -0.39 is 17.6 Å². The number of nitrogens with zero attached hydrogens (tertiary/aromatic N) is 1. The molecule has 0 unspecified atom stereocenters. The average Bonchev–Trinajstić information content (AvgIpc) is 2.99. The summed E-state index contributed by atoms with van der Waals surface area (Å²) in [5.41, 5.74) is 1.89. The number of rotatable bonds is 0. The van der Waals surface area contributed by atoms with Crippen LogP contribution in [0.3, 0.4) is 0 Å². The summed E-state index contributed by atoms with van der Waals surface area (Å²) < 4.78 is 7.14. The molecule has 1 saturated heterocycles. The molecule has 1 aliphatic heterocycles. The van der Waals surface area contributed by atoms with Crippen LogP contribution in [0.4, 0.5) is 4.79 Å². The standard InChI is InChI=1S/C19H20N2O4/c1-19(2,3)25-18(24)21-14-7-5-4-6-10(14)11-8-12-13(9-15(11)21)17(23)20-16(12)22/h4-7,12-13H,8-9H2,1-3H3,(H,20,22,23)/t12-,13+/m1/s1. The summed E-state index contributed by atoms with van der Waals surface area (Å²) >= 11 is 0. The van der Waals surface area contributed by atoms with Crippen molar-refractivity contribution in [1.82, 2.24) is 9.88 Å². The lowest BCUT2D eigenvalue weighted by Gasteiger charge is -2.25. The third-order valence-electron chi connectivity index (χ3n) is 4.91. The number of amides is 2. The molecule has 1 aliphatic carbocycles. The second-order valence-electron chi connectivity index (χ2n) is 7.73. The zero-order valence-corrected chi connectivity index (χ0v) is 14.5. The fraction of sp³-hybridized carbons (Fsp3) is 0.421. The fourth-order valence-electron chi connectivity index (χ4n) is 3.89. The third kappa shape index (κ3) is 2.44. The molecule has 2 amide bonds. The van der Waals surface area contributed by atoms with Gasteiger partial charge in [0.15, 0.2) is 0 Å². The Labute approximate surface area is 145 Å². The van der Waals surface area contributed by atoms with Gasteiger partial charge < -0.3 is 4.74 Å². The molecule has 1 aromatic carbocycles. The zero-order chi connectivity index (χ0) is 17.9. The first-order valence-corrected chi connectivity index (χ1v) is 8.45. The van der Waals surface area contributed by atoms with Crippen molar-refractivity contribution in [3.8, 4) is 0 Å². The Kier molecular flexibility index (Phi) is 3.29. The van der Waals surface area contributed by atoms with Crippen molar-refractivity contribution in [3.63, 3.8) is 0 Å². The number of ether oxygens (including phenoxy) is 1. The number of carbonyl (C=O) groups is 3. The molecule has 6 nitrogen and oxygen atoms in total. The van der Waals surface area contributed by atoms with Gasteiger partial charge in [-0.3, -0.25) is 14.9 Å². The van der Waals surface area contributed by atoms with E-state index in [1.807, 2.05) is 45.0 Å². The van der Waals surface area contributed by atoms with Crippen molar-refractivity contribution in [2.45, 2.75) is 39.2 Å². The van der Waals surface area contributed by atoms with Gasteiger partial charge in [0.2, 0.25) is 11.8 Å². The fourth-order valence-corrected chi connectivity index (χ4v) is 3.89. The maximum absolute atomic E-state index is 12.8. The van der Waals surface area contributed by atoms with Gasteiger partial charge in [-0.25, -0.2) is 9.36 Å². The number of fused-ring (bicyclic) bond motifs is 4. The van der Waals surface area contributed by atoms with Gasteiger partial charge in [0.1, 0.15) is 5.60 Å². The van der Waals surface area contributed by atoms with Gasteiger partial charge >= 0.3 is 6.09 Å². The van der Waals surface area contributed by atoms with Gasteiger partial charge in [0.25, 0.3) is 0 Å². The molecule has 1 N–H and O–H groups in total. The number of aromatic nitrogens is 1. The average molecular weight is 340 g/mol. The lowest BCUT2D eigenvalue weighted by atomic mass is 9.79. The third-order valence-corrected chi connectivity index (χ3v) is 4.91. The summed E-state index contributed by atoms with van der Waals surface area (Å²) in [6.07, 6.45) is 0.382. The van der Waals surface area contributed by atoms with Crippen molar-refractivity contribution in [1.29, 1.82) is 0 Å². The van der Waals surface area contributed by atoms with E-state index in [9.17, 15) is 14.4 Å². The number of hydrogen-bond donors (Lipinski definition) is 1. The molecule has 130 valence electrons. The van der Waals surface area contributed by atoms with Gasteiger partial charge in [-0.15, -0.1) is 0 Å². The monoisotopic (exact) mass is 340 g/mol. The van der Waals surface area contributed by atoms with Crippen molar-refractivity contribution in [2.75, 3.05) is 0 Å². The second kappa shape index (κ2) is 5.18. The molecule has 1 aromatic heterocycles. The number of hydrogen-bond acceptors (Lipinski definition) is 4. The predicted octanol–water partition coefficient (Wildman–Crippen LogP) is 2.41. The van der Waals surface area contributed by atoms with Crippen LogP contribution in [-0.2, 0) is 27.2 Å². The smallest absolute Gasteiger partial charge is 0.419 e. The van der Waals surface area contributed by atoms with Crippen molar-refractivity contribution >= 4 is 28.8 Å². The van der Waals surface area contributed by atoms with E-state index in [2.05, 4.69) is 5.32 Å². The van der Waals surface area contributed by atoms with Gasteiger partial charge in [0.05, 0.1) is 17.4 Å². The number of imide groups is 1. The Bertz CT molecular complexity index is 919. The molecule has 0 saturated carbocycles. The highest BCUT2D eigenvalue weighted by atomic mass is 16.6. The van der Waals surface area contributed by atoms with Gasteiger partial charge in [0, 0.05) is 17.5 Å².